The molecule has 0 unspecified atom stereocenters. The van der Waals surface area contributed by atoms with Crippen LogP contribution in [0.2, 0.25) is 0 Å². The van der Waals surface area contributed by atoms with Gasteiger partial charge in [-0.05, 0) is 52.0 Å². The molecular weight excluding hydrogens is 384 g/mol. The highest BCUT2D eigenvalue weighted by atomic mass is 32.2. The molecule has 0 spiro atoms. The quantitative estimate of drug-likeness (QED) is 0.608. The fraction of sp³-hybridized carbons (Fsp3) is 0.391. The van der Waals surface area contributed by atoms with E-state index in [4.69, 9.17) is 4.74 Å². The summed E-state index contributed by atoms with van der Waals surface area (Å²) in [5.74, 6) is -0.521. The lowest BCUT2D eigenvalue weighted by atomic mass is 10.2. The van der Waals surface area contributed by atoms with Crippen LogP contribution in [0.5, 0.6) is 0 Å². The van der Waals surface area contributed by atoms with Crippen LogP contribution in [0.1, 0.15) is 34.1 Å². The molecule has 1 amide bonds. The van der Waals surface area contributed by atoms with Gasteiger partial charge < -0.3 is 14.5 Å². The second-order valence-corrected chi connectivity index (χ2v) is 8.67. The Balaban J connectivity index is 1.63. The SMILES string of the molecule is CC(C)N(C(=O)COC(=O)CCN1c2ccccc2Sc2ccccc21)C(C)C. The van der Waals surface area contributed by atoms with Crippen LogP contribution in [-0.4, -0.2) is 42.0 Å². The van der Waals surface area contributed by atoms with Crippen molar-refractivity contribution >= 4 is 35.0 Å². The van der Waals surface area contributed by atoms with E-state index in [1.807, 2.05) is 52.0 Å². The number of hydrogen-bond acceptors (Lipinski definition) is 5. The van der Waals surface area contributed by atoms with Gasteiger partial charge in [0.2, 0.25) is 0 Å². The Morgan fingerprint density at radius 3 is 1.97 bits per heavy atom. The van der Waals surface area contributed by atoms with Gasteiger partial charge in [-0.3, -0.25) is 9.59 Å². The predicted octanol–water partition coefficient (Wildman–Crippen LogP) is 4.87. The minimum Gasteiger partial charge on any atom is -0.456 e. The molecule has 3 rings (SSSR count). The molecule has 0 N–H and O–H groups in total. The predicted molar refractivity (Wildman–Crippen MR) is 117 cm³/mol. The maximum Gasteiger partial charge on any atom is 0.308 e. The number of carbonyl (C=O) groups is 2. The largest absolute Gasteiger partial charge is 0.456 e. The summed E-state index contributed by atoms with van der Waals surface area (Å²) in [6, 6.07) is 16.5. The second-order valence-electron chi connectivity index (χ2n) is 7.59. The summed E-state index contributed by atoms with van der Waals surface area (Å²) in [5.41, 5.74) is 2.18. The van der Waals surface area contributed by atoms with Gasteiger partial charge in [0.1, 0.15) is 0 Å². The zero-order chi connectivity index (χ0) is 21.0. The lowest BCUT2D eigenvalue weighted by molar-refractivity contribution is -0.153. The lowest BCUT2D eigenvalue weighted by Gasteiger charge is -2.32. The Morgan fingerprint density at radius 1 is 0.931 bits per heavy atom. The molecule has 0 saturated carbocycles. The highest BCUT2D eigenvalue weighted by Crippen LogP contribution is 2.47. The van der Waals surface area contributed by atoms with Gasteiger partial charge in [0.25, 0.3) is 5.91 Å². The Bertz CT molecular complexity index is 828. The zero-order valence-corrected chi connectivity index (χ0v) is 18.2. The van der Waals surface area contributed by atoms with Crippen molar-refractivity contribution < 1.29 is 14.3 Å². The molecule has 1 aliphatic rings. The van der Waals surface area contributed by atoms with Crippen molar-refractivity contribution in [2.24, 2.45) is 0 Å². The minimum absolute atomic E-state index is 0.0695. The van der Waals surface area contributed by atoms with E-state index in [1.54, 1.807) is 16.7 Å². The average Bonchev–Trinajstić information content (AvgIpc) is 2.69. The summed E-state index contributed by atoms with van der Waals surface area (Å²) in [5, 5.41) is 0. The van der Waals surface area contributed by atoms with Crippen LogP contribution in [0.25, 0.3) is 0 Å². The van der Waals surface area contributed by atoms with E-state index in [1.165, 1.54) is 9.79 Å². The molecular formula is C23H28N2O3S. The van der Waals surface area contributed by atoms with Crippen molar-refractivity contribution in [2.45, 2.75) is 56.0 Å². The summed E-state index contributed by atoms with van der Waals surface area (Å²) in [6.07, 6.45) is 0.212. The normalized spacial score (nSPS) is 12.6. The van der Waals surface area contributed by atoms with E-state index in [0.29, 0.717) is 6.54 Å². The third-order valence-electron chi connectivity index (χ3n) is 4.83. The van der Waals surface area contributed by atoms with Crippen molar-refractivity contribution in [1.82, 2.24) is 4.90 Å². The number of amides is 1. The Labute approximate surface area is 177 Å². The van der Waals surface area contributed by atoms with Gasteiger partial charge in [-0.25, -0.2) is 0 Å². The Morgan fingerprint density at radius 2 is 1.45 bits per heavy atom. The summed E-state index contributed by atoms with van der Waals surface area (Å²) < 4.78 is 5.29. The Hall–Kier alpha value is -2.47. The third kappa shape index (κ3) is 4.93. The number of carbonyl (C=O) groups excluding carboxylic acids is 2. The minimum atomic E-state index is -0.362. The molecule has 0 bridgehead atoms. The molecule has 0 fully saturated rings. The number of anilines is 2. The van der Waals surface area contributed by atoms with Crippen LogP contribution in [0, 0.1) is 0 Å². The smallest absolute Gasteiger partial charge is 0.308 e. The second kappa shape index (κ2) is 9.35. The van der Waals surface area contributed by atoms with Gasteiger partial charge in [-0.15, -0.1) is 0 Å². The summed E-state index contributed by atoms with van der Waals surface area (Å²) in [6.45, 7) is 8.13. The van der Waals surface area contributed by atoms with E-state index >= 15 is 0 Å². The number of esters is 1. The molecule has 0 atom stereocenters. The molecule has 0 saturated heterocycles. The van der Waals surface area contributed by atoms with Crippen LogP contribution >= 0.6 is 11.8 Å². The van der Waals surface area contributed by atoms with Gasteiger partial charge in [0.15, 0.2) is 6.61 Å². The van der Waals surface area contributed by atoms with Gasteiger partial charge in [-0.1, -0.05) is 36.0 Å². The number of benzene rings is 2. The fourth-order valence-corrected chi connectivity index (χ4v) is 4.78. The standard InChI is InChI=1S/C23H28N2O3S/c1-16(2)25(17(3)4)22(26)15-28-23(27)13-14-24-18-9-5-7-11-20(18)29-21-12-8-6-10-19(21)24/h5-12,16-17H,13-15H2,1-4H3. The molecule has 2 aromatic carbocycles. The molecule has 0 radical (unpaired) electrons. The highest BCUT2D eigenvalue weighted by molar-refractivity contribution is 7.99. The van der Waals surface area contributed by atoms with E-state index in [2.05, 4.69) is 29.2 Å². The molecule has 1 heterocycles. The Kier molecular flexibility index (Phi) is 6.85. The number of rotatable bonds is 7. The van der Waals surface area contributed by atoms with Crippen LogP contribution in [-0.2, 0) is 14.3 Å². The maximum atomic E-state index is 12.4. The molecule has 29 heavy (non-hydrogen) atoms. The molecule has 1 aliphatic heterocycles. The number of fused-ring (bicyclic) bond motifs is 2. The first-order valence-electron chi connectivity index (χ1n) is 9.98. The van der Waals surface area contributed by atoms with Gasteiger partial charge in [0.05, 0.1) is 17.8 Å². The van der Waals surface area contributed by atoms with Crippen LogP contribution in [0.3, 0.4) is 0 Å². The molecule has 0 aromatic heterocycles. The number of ether oxygens (including phenoxy) is 1. The molecule has 0 aliphatic carbocycles. The molecule has 6 heteroatoms. The number of para-hydroxylation sites is 2. The number of hydrogen-bond donors (Lipinski definition) is 0. The first-order valence-corrected chi connectivity index (χ1v) is 10.8. The van der Waals surface area contributed by atoms with Crippen molar-refractivity contribution in [3.05, 3.63) is 48.5 Å². The molecule has 2 aromatic rings. The monoisotopic (exact) mass is 412 g/mol. The van der Waals surface area contributed by atoms with Crippen molar-refractivity contribution in [3.8, 4) is 0 Å². The number of nitrogens with zero attached hydrogens (tertiary/aromatic N) is 2. The maximum absolute atomic E-state index is 12.4. The fourth-order valence-electron chi connectivity index (χ4n) is 3.69. The van der Waals surface area contributed by atoms with Crippen molar-refractivity contribution in [1.29, 1.82) is 0 Å². The van der Waals surface area contributed by atoms with Gasteiger partial charge in [-0.2, -0.15) is 0 Å². The highest BCUT2D eigenvalue weighted by Gasteiger charge is 2.24. The summed E-state index contributed by atoms with van der Waals surface area (Å²) in [7, 11) is 0. The lowest BCUT2D eigenvalue weighted by Crippen LogP contribution is -2.44. The van der Waals surface area contributed by atoms with Crippen molar-refractivity contribution in [2.75, 3.05) is 18.1 Å². The van der Waals surface area contributed by atoms with Crippen molar-refractivity contribution in [3.63, 3.8) is 0 Å². The van der Waals surface area contributed by atoms with Gasteiger partial charge in [0, 0.05) is 28.4 Å². The van der Waals surface area contributed by atoms with E-state index in [9.17, 15) is 9.59 Å². The first kappa shape index (κ1) is 21.2. The van der Waals surface area contributed by atoms with E-state index in [-0.39, 0.29) is 37.0 Å². The van der Waals surface area contributed by atoms with Crippen LogP contribution in [0.15, 0.2) is 58.3 Å². The van der Waals surface area contributed by atoms with E-state index in [0.717, 1.165) is 11.4 Å². The van der Waals surface area contributed by atoms with E-state index < -0.39 is 0 Å². The average molecular weight is 413 g/mol. The molecule has 154 valence electrons. The van der Waals surface area contributed by atoms with Crippen LogP contribution < -0.4 is 4.90 Å². The molecule has 5 nitrogen and oxygen atoms in total. The van der Waals surface area contributed by atoms with Crippen LogP contribution in [0.4, 0.5) is 11.4 Å². The first-order chi connectivity index (χ1) is 13.9. The topological polar surface area (TPSA) is 49.9 Å². The zero-order valence-electron chi connectivity index (χ0n) is 17.4. The summed E-state index contributed by atoms with van der Waals surface area (Å²) in [4.78, 5) is 31.0. The third-order valence-corrected chi connectivity index (χ3v) is 5.96. The van der Waals surface area contributed by atoms with Gasteiger partial charge >= 0.3 is 5.97 Å². The summed E-state index contributed by atoms with van der Waals surface area (Å²) >= 11 is 1.74.